The molecule has 0 bridgehead atoms. The van der Waals surface area contributed by atoms with E-state index in [2.05, 4.69) is 25.5 Å². The van der Waals surface area contributed by atoms with Gasteiger partial charge < -0.3 is 15.2 Å². The molecule has 0 spiro atoms. The minimum absolute atomic E-state index is 0.0779. The molecule has 7 nitrogen and oxygen atoms in total. The van der Waals surface area contributed by atoms with E-state index in [4.69, 9.17) is 16.3 Å². The number of hydrogen-bond donors (Lipinski definition) is 3. The van der Waals surface area contributed by atoms with Crippen molar-refractivity contribution in [2.75, 3.05) is 11.9 Å². The molecule has 0 saturated carbocycles. The molecule has 0 aliphatic carbocycles. The third-order valence-corrected chi connectivity index (χ3v) is 4.49. The Morgan fingerprint density at radius 1 is 1.20 bits per heavy atom. The quantitative estimate of drug-likeness (QED) is 0.415. The number of halogens is 3. The summed E-state index contributed by atoms with van der Waals surface area (Å²) in [6.07, 6.45) is -0.690. The summed E-state index contributed by atoms with van der Waals surface area (Å²) in [7, 11) is 0. The van der Waals surface area contributed by atoms with E-state index in [0.29, 0.717) is 27.9 Å². The van der Waals surface area contributed by atoms with Crippen LogP contribution in [0, 0.1) is 11.6 Å². The van der Waals surface area contributed by atoms with E-state index in [1.54, 1.807) is 25.1 Å². The van der Waals surface area contributed by atoms with Crippen LogP contribution in [0.5, 0.6) is 11.6 Å². The average Bonchev–Trinajstić information content (AvgIpc) is 3.11. The van der Waals surface area contributed by atoms with E-state index in [1.165, 1.54) is 0 Å². The topological polar surface area (TPSA) is 96.0 Å². The Morgan fingerprint density at radius 2 is 2.00 bits per heavy atom. The van der Waals surface area contributed by atoms with Crippen molar-refractivity contribution in [2.24, 2.45) is 0 Å². The molecule has 0 aliphatic rings. The van der Waals surface area contributed by atoms with Crippen LogP contribution in [0.2, 0.25) is 5.02 Å². The summed E-state index contributed by atoms with van der Waals surface area (Å²) in [4.78, 5) is 8.82. The molecule has 2 aromatic heterocycles. The first-order chi connectivity index (χ1) is 14.4. The second-order valence-corrected chi connectivity index (χ2v) is 6.94. The van der Waals surface area contributed by atoms with Crippen LogP contribution in [0.1, 0.15) is 6.92 Å². The minimum atomic E-state index is -0.892. The van der Waals surface area contributed by atoms with Gasteiger partial charge in [0.2, 0.25) is 5.65 Å². The highest BCUT2D eigenvalue weighted by atomic mass is 35.5. The number of fused-ring (bicyclic) bond motifs is 1. The van der Waals surface area contributed by atoms with Crippen LogP contribution >= 0.6 is 11.6 Å². The third-order valence-electron chi connectivity index (χ3n) is 4.16. The number of nitrogens with one attached hydrogen (secondary N) is 2. The zero-order valence-corrected chi connectivity index (χ0v) is 16.4. The normalized spacial score (nSPS) is 12.2. The maximum Gasteiger partial charge on any atom is 0.265 e. The van der Waals surface area contributed by atoms with Gasteiger partial charge in [0, 0.05) is 18.2 Å². The second kappa shape index (κ2) is 8.21. The van der Waals surface area contributed by atoms with Gasteiger partial charge in [-0.15, -0.1) is 0 Å². The molecule has 0 unspecified atom stereocenters. The van der Waals surface area contributed by atoms with Crippen molar-refractivity contribution in [3.8, 4) is 22.9 Å². The van der Waals surface area contributed by atoms with Gasteiger partial charge in [0.05, 0.1) is 16.8 Å². The van der Waals surface area contributed by atoms with Crippen molar-refractivity contribution in [1.82, 2.24) is 20.2 Å². The molecule has 0 fully saturated rings. The molecular formula is C20H16ClF2N5O2. The molecule has 4 rings (SSSR count). The lowest BCUT2D eigenvalue weighted by atomic mass is 10.1. The fourth-order valence-electron chi connectivity index (χ4n) is 2.76. The van der Waals surface area contributed by atoms with Gasteiger partial charge in [0.25, 0.3) is 5.88 Å². The summed E-state index contributed by atoms with van der Waals surface area (Å²) in [5, 5.41) is 20.0. The Kier molecular flexibility index (Phi) is 5.47. The number of ether oxygens (including phenoxy) is 1. The largest absolute Gasteiger partial charge is 0.433 e. The van der Waals surface area contributed by atoms with Crippen LogP contribution in [0.3, 0.4) is 0 Å². The molecule has 3 N–H and O–H groups in total. The lowest BCUT2D eigenvalue weighted by molar-refractivity contribution is 0.208. The Balaban J connectivity index is 1.81. The summed E-state index contributed by atoms with van der Waals surface area (Å²) in [6, 6.07) is 10.1. The van der Waals surface area contributed by atoms with E-state index >= 15 is 0 Å². The lowest BCUT2D eigenvalue weighted by Crippen LogP contribution is -2.17. The summed E-state index contributed by atoms with van der Waals surface area (Å²) < 4.78 is 32.8. The first-order valence-electron chi connectivity index (χ1n) is 8.98. The van der Waals surface area contributed by atoms with Gasteiger partial charge >= 0.3 is 0 Å². The number of aromatic amines is 1. The van der Waals surface area contributed by atoms with Gasteiger partial charge in [0.1, 0.15) is 11.3 Å². The highest BCUT2D eigenvalue weighted by molar-refractivity contribution is 6.33. The van der Waals surface area contributed by atoms with Gasteiger partial charge in [-0.3, -0.25) is 5.10 Å². The Morgan fingerprint density at radius 3 is 2.73 bits per heavy atom. The van der Waals surface area contributed by atoms with Crippen LogP contribution in [0.4, 0.5) is 14.6 Å². The number of aromatic nitrogens is 4. The number of nitrogens with zero attached hydrogens (tertiary/aromatic N) is 3. The molecule has 0 amide bonds. The highest BCUT2D eigenvalue weighted by Gasteiger charge is 2.19. The first-order valence-corrected chi connectivity index (χ1v) is 9.36. The monoisotopic (exact) mass is 431 g/mol. The fraction of sp³-hybridized carbons (Fsp3) is 0.150. The lowest BCUT2D eigenvalue weighted by Gasteiger charge is -2.13. The molecule has 1 atom stereocenters. The molecule has 2 heterocycles. The van der Waals surface area contributed by atoms with Crippen molar-refractivity contribution >= 4 is 28.6 Å². The van der Waals surface area contributed by atoms with E-state index in [1.807, 2.05) is 6.07 Å². The van der Waals surface area contributed by atoms with Gasteiger partial charge in [-0.2, -0.15) is 10.1 Å². The van der Waals surface area contributed by atoms with E-state index in [9.17, 15) is 13.9 Å². The number of benzene rings is 2. The number of H-pyrrole nitrogens is 1. The molecule has 0 saturated heterocycles. The van der Waals surface area contributed by atoms with Crippen LogP contribution < -0.4 is 10.1 Å². The molecule has 154 valence electrons. The number of aliphatic hydroxyl groups excluding tert-OH is 1. The third kappa shape index (κ3) is 4.03. The smallest absolute Gasteiger partial charge is 0.265 e. The van der Waals surface area contributed by atoms with Gasteiger partial charge in [-0.1, -0.05) is 29.8 Å². The predicted octanol–water partition coefficient (Wildman–Crippen LogP) is 4.54. The zero-order valence-electron chi connectivity index (χ0n) is 15.7. The standard InChI is InChI=1S/C20H16ClF2N5O2/c1-10(29)9-24-19-20(30-15-7-6-11(22)8-14(15)23)26-18-17(25-19)16(27-28-18)12-4-2-3-5-13(12)21/h2-8,10,29H,9H2,1H3,(H,24,25)(H,26,27,28)/t10-/m0/s1. The minimum Gasteiger partial charge on any atom is -0.433 e. The van der Waals surface area contributed by atoms with Crippen molar-refractivity contribution in [2.45, 2.75) is 13.0 Å². The van der Waals surface area contributed by atoms with Gasteiger partial charge in [0.15, 0.2) is 17.4 Å². The number of anilines is 1. The van der Waals surface area contributed by atoms with E-state index < -0.39 is 17.7 Å². The molecule has 0 radical (unpaired) electrons. The summed E-state index contributed by atoms with van der Waals surface area (Å²) >= 11 is 6.29. The zero-order chi connectivity index (χ0) is 21.3. The SMILES string of the molecule is C[C@H](O)CNc1nc2c(-c3ccccc3Cl)[nH]nc2nc1Oc1ccc(F)cc1F. The van der Waals surface area contributed by atoms with Crippen molar-refractivity contribution in [3.05, 3.63) is 59.1 Å². The van der Waals surface area contributed by atoms with E-state index in [-0.39, 0.29) is 29.6 Å². The summed E-state index contributed by atoms with van der Waals surface area (Å²) in [5.74, 6) is -1.78. The van der Waals surface area contributed by atoms with Crippen molar-refractivity contribution in [3.63, 3.8) is 0 Å². The Labute approximate surface area is 174 Å². The Bertz CT molecular complexity index is 1220. The van der Waals surface area contributed by atoms with Crippen LogP contribution in [-0.2, 0) is 0 Å². The van der Waals surface area contributed by atoms with Crippen molar-refractivity contribution < 1.29 is 18.6 Å². The number of rotatable bonds is 6. The number of hydrogen-bond acceptors (Lipinski definition) is 6. The summed E-state index contributed by atoms with van der Waals surface area (Å²) in [5.41, 5.74) is 1.84. The Hall–Kier alpha value is -3.30. The number of aliphatic hydroxyl groups is 1. The maximum atomic E-state index is 14.1. The van der Waals surface area contributed by atoms with Crippen LogP contribution in [0.25, 0.3) is 22.4 Å². The molecule has 10 heteroatoms. The average molecular weight is 432 g/mol. The van der Waals surface area contributed by atoms with Gasteiger partial charge in [-0.05, 0) is 25.1 Å². The molecular weight excluding hydrogens is 416 g/mol. The van der Waals surface area contributed by atoms with Crippen LogP contribution in [-0.4, -0.2) is 37.9 Å². The fourth-order valence-corrected chi connectivity index (χ4v) is 2.99. The molecule has 2 aromatic carbocycles. The summed E-state index contributed by atoms with van der Waals surface area (Å²) in [6.45, 7) is 1.73. The molecule has 0 aliphatic heterocycles. The maximum absolute atomic E-state index is 14.1. The second-order valence-electron chi connectivity index (χ2n) is 6.53. The predicted molar refractivity (Wildman–Crippen MR) is 109 cm³/mol. The van der Waals surface area contributed by atoms with Crippen molar-refractivity contribution in [1.29, 1.82) is 0 Å². The first kappa shape index (κ1) is 20.0. The van der Waals surface area contributed by atoms with Crippen LogP contribution in [0.15, 0.2) is 42.5 Å². The molecule has 4 aromatic rings. The van der Waals surface area contributed by atoms with Gasteiger partial charge in [-0.25, -0.2) is 13.8 Å². The van der Waals surface area contributed by atoms with E-state index in [0.717, 1.165) is 12.1 Å². The molecule has 30 heavy (non-hydrogen) atoms. The highest BCUT2D eigenvalue weighted by Crippen LogP contribution is 2.34.